The number of rotatable bonds is 4. The van der Waals surface area contributed by atoms with E-state index in [4.69, 9.17) is 0 Å². The predicted molar refractivity (Wildman–Crippen MR) is 154 cm³/mol. The van der Waals surface area contributed by atoms with Crippen molar-refractivity contribution in [3.63, 3.8) is 0 Å². The quantitative estimate of drug-likeness (QED) is 0.497. The highest BCUT2D eigenvalue weighted by Crippen LogP contribution is 2.34. The molecule has 0 unspecified atom stereocenters. The second-order valence-electron chi connectivity index (χ2n) is 11.6. The van der Waals surface area contributed by atoms with Gasteiger partial charge >= 0.3 is 0 Å². The number of likely N-dealkylation sites (N-methyl/N-ethyl adjacent to an activating group) is 1. The van der Waals surface area contributed by atoms with Crippen molar-refractivity contribution in [2.24, 2.45) is 0 Å². The molecule has 0 aliphatic carbocycles. The number of carbonyl (C=O) groups excluding carboxylic acids is 3. The molecule has 41 heavy (non-hydrogen) atoms. The Labute approximate surface area is 242 Å². The van der Waals surface area contributed by atoms with Crippen LogP contribution >= 0.6 is 11.3 Å². The zero-order valence-electron chi connectivity index (χ0n) is 23.2. The van der Waals surface area contributed by atoms with Gasteiger partial charge in [-0.3, -0.25) is 14.4 Å². The van der Waals surface area contributed by atoms with Crippen LogP contribution < -0.4 is 5.32 Å². The van der Waals surface area contributed by atoms with Crippen LogP contribution in [-0.2, 0) is 28.5 Å². The van der Waals surface area contributed by atoms with Crippen molar-refractivity contribution in [2.45, 2.75) is 63.2 Å². The summed E-state index contributed by atoms with van der Waals surface area (Å²) in [5, 5.41) is 3.48. The summed E-state index contributed by atoms with van der Waals surface area (Å²) in [6, 6.07) is 12.7. The lowest BCUT2D eigenvalue weighted by atomic mass is 9.99. The van der Waals surface area contributed by atoms with Crippen molar-refractivity contribution in [1.29, 1.82) is 0 Å². The van der Waals surface area contributed by atoms with E-state index in [0.29, 0.717) is 36.3 Å². The highest BCUT2D eigenvalue weighted by molar-refractivity contribution is 7.20. The maximum atomic E-state index is 14.0. The molecule has 10 heteroatoms. The zero-order valence-corrected chi connectivity index (χ0v) is 24.1. The van der Waals surface area contributed by atoms with E-state index in [1.54, 1.807) is 17.0 Å². The van der Waals surface area contributed by atoms with E-state index in [2.05, 4.69) is 17.4 Å². The summed E-state index contributed by atoms with van der Waals surface area (Å²) in [7, 11) is 1.93. The van der Waals surface area contributed by atoms with Crippen molar-refractivity contribution in [3.8, 4) is 0 Å². The number of hydrogen-bond donors (Lipinski definition) is 1. The molecule has 3 aliphatic heterocycles. The molecule has 3 atom stereocenters. The first-order valence-electron chi connectivity index (χ1n) is 14.2. The van der Waals surface area contributed by atoms with Crippen LogP contribution in [-0.4, -0.2) is 77.2 Å². The summed E-state index contributed by atoms with van der Waals surface area (Å²) in [6.07, 6.45) is 2.93. The van der Waals surface area contributed by atoms with Crippen molar-refractivity contribution in [1.82, 2.24) is 20.0 Å². The fourth-order valence-corrected chi connectivity index (χ4v) is 7.38. The Morgan fingerprint density at radius 3 is 2.59 bits per heavy atom. The van der Waals surface area contributed by atoms with Gasteiger partial charge in [0.15, 0.2) is 0 Å². The molecule has 1 aromatic heterocycles. The van der Waals surface area contributed by atoms with Gasteiger partial charge in [-0.05, 0) is 74.0 Å². The molecule has 0 bridgehead atoms. The summed E-state index contributed by atoms with van der Waals surface area (Å²) in [6.45, 7) is 3.08. The standard InChI is InChI=1S/C31H34F2N4O3S/c1-31(32,33)22-7-10-26-21(15-22)16-27(41-26)28(38)34-24-18-35(2)13-12-23-8-9-25(37(23)29(24)39)30(40)36-14-11-19-5-3-4-6-20(19)17-36/h3-7,10,15-16,23-25H,8-9,11-14,17-18H2,1-2H3,(H,34,38)/t23-,24+,25+/m1/s1. The van der Waals surface area contributed by atoms with Crippen molar-refractivity contribution >= 4 is 39.1 Å². The largest absolute Gasteiger partial charge is 0.338 e. The third-order valence-corrected chi connectivity index (χ3v) is 9.79. The Morgan fingerprint density at radius 1 is 1.02 bits per heavy atom. The number of carbonyl (C=O) groups is 3. The van der Waals surface area contributed by atoms with Gasteiger partial charge in [0.25, 0.3) is 11.8 Å². The number of halogens is 2. The summed E-state index contributed by atoms with van der Waals surface area (Å²) in [5.74, 6) is -3.67. The number of amides is 3. The molecule has 3 aliphatic rings. The van der Waals surface area contributed by atoms with E-state index in [9.17, 15) is 23.2 Å². The Morgan fingerprint density at radius 2 is 1.80 bits per heavy atom. The molecule has 1 N–H and O–H groups in total. The minimum absolute atomic E-state index is 0.0256. The van der Waals surface area contributed by atoms with Crippen molar-refractivity contribution in [2.75, 3.05) is 26.7 Å². The number of hydrogen-bond acceptors (Lipinski definition) is 5. The van der Waals surface area contributed by atoms with Crippen molar-refractivity contribution in [3.05, 3.63) is 70.1 Å². The number of fused-ring (bicyclic) bond motifs is 3. The first kappa shape index (κ1) is 27.8. The minimum Gasteiger partial charge on any atom is -0.338 e. The number of benzene rings is 2. The number of nitrogens with zero attached hydrogens (tertiary/aromatic N) is 3. The maximum absolute atomic E-state index is 14.0. The zero-order chi connectivity index (χ0) is 28.9. The second kappa shape index (κ2) is 10.8. The number of alkyl halides is 2. The fraction of sp³-hybridized carbons (Fsp3) is 0.452. The van der Waals surface area contributed by atoms with Crippen LogP contribution in [0.25, 0.3) is 10.1 Å². The lowest BCUT2D eigenvalue weighted by molar-refractivity contribution is -0.148. The highest BCUT2D eigenvalue weighted by atomic mass is 32.1. The van der Waals surface area contributed by atoms with Crippen LogP contribution in [0.5, 0.6) is 0 Å². The van der Waals surface area contributed by atoms with Gasteiger partial charge in [-0.2, -0.15) is 0 Å². The van der Waals surface area contributed by atoms with Crippen LogP contribution in [0.1, 0.15) is 52.5 Å². The van der Waals surface area contributed by atoms with E-state index in [0.717, 1.165) is 43.0 Å². The van der Waals surface area contributed by atoms with Crippen LogP contribution in [0.2, 0.25) is 0 Å². The van der Waals surface area contributed by atoms with E-state index in [1.807, 2.05) is 29.0 Å². The molecule has 0 radical (unpaired) electrons. The van der Waals surface area contributed by atoms with E-state index >= 15 is 0 Å². The molecule has 7 nitrogen and oxygen atoms in total. The summed E-state index contributed by atoms with van der Waals surface area (Å²) >= 11 is 1.21. The smallest absolute Gasteiger partial charge is 0.270 e. The Balaban J connectivity index is 1.21. The van der Waals surface area contributed by atoms with Crippen LogP contribution in [0.15, 0.2) is 48.5 Å². The molecule has 3 amide bonds. The third kappa shape index (κ3) is 5.47. The topological polar surface area (TPSA) is 73.0 Å². The van der Waals surface area contributed by atoms with E-state index < -0.39 is 23.9 Å². The van der Waals surface area contributed by atoms with Gasteiger partial charge < -0.3 is 20.0 Å². The van der Waals surface area contributed by atoms with Gasteiger partial charge in [0, 0.05) is 42.9 Å². The Hall–Kier alpha value is -3.37. The van der Waals surface area contributed by atoms with Crippen LogP contribution in [0.3, 0.4) is 0 Å². The Bertz CT molecular complexity index is 1500. The molecular formula is C31H34F2N4O3S. The average Bonchev–Trinajstić information content (AvgIpc) is 3.57. The minimum atomic E-state index is -2.98. The van der Waals surface area contributed by atoms with Gasteiger partial charge in [-0.25, -0.2) is 8.78 Å². The van der Waals surface area contributed by atoms with Crippen LogP contribution in [0, 0.1) is 0 Å². The van der Waals surface area contributed by atoms with Crippen LogP contribution in [0.4, 0.5) is 8.78 Å². The van der Waals surface area contributed by atoms with E-state index in [-0.39, 0.29) is 23.4 Å². The molecule has 2 aromatic carbocycles. The lowest BCUT2D eigenvalue weighted by Crippen LogP contribution is -2.60. The molecule has 0 spiro atoms. The fourth-order valence-electron chi connectivity index (χ4n) is 6.43. The van der Waals surface area contributed by atoms with Gasteiger partial charge in [-0.1, -0.05) is 30.3 Å². The van der Waals surface area contributed by atoms with Gasteiger partial charge in [0.1, 0.15) is 12.1 Å². The molecule has 2 saturated heterocycles. The molecule has 0 saturated carbocycles. The molecule has 3 aromatic rings. The number of nitrogens with one attached hydrogen (secondary N) is 1. The number of thiophene rings is 1. The van der Waals surface area contributed by atoms with Gasteiger partial charge in [0.05, 0.1) is 4.88 Å². The summed E-state index contributed by atoms with van der Waals surface area (Å²) in [5.41, 5.74) is 2.29. The van der Waals surface area contributed by atoms with Crippen molar-refractivity contribution < 1.29 is 23.2 Å². The SMILES string of the molecule is CN1CC[C@H]2CC[C@@H](C(=O)N3CCc4ccccc4C3)N2C(=O)[C@@H](NC(=O)c2cc3cc(C(C)(F)F)ccc3s2)C1. The summed E-state index contributed by atoms with van der Waals surface area (Å²) < 4.78 is 28.4. The third-order valence-electron chi connectivity index (χ3n) is 8.67. The molecule has 216 valence electrons. The first-order valence-corrected chi connectivity index (χ1v) is 15.0. The van der Waals surface area contributed by atoms with Gasteiger partial charge in [-0.15, -0.1) is 11.3 Å². The molecule has 4 heterocycles. The highest BCUT2D eigenvalue weighted by Gasteiger charge is 2.46. The predicted octanol–water partition coefficient (Wildman–Crippen LogP) is 4.39. The summed E-state index contributed by atoms with van der Waals surface area (Å²) in [4.78, 5) is 47.2. The lowest BCUT2D eigenvalue weighted by Gasteiger charge is -2.39. The normalized spacial score (nSPS) is 23.6. The molecule has 2 fully saturated rings. The molecule has 6 rings (SSSR count). The second-order valence-corrected chi connectivity index (χ2v) is 12.7. The van der Waals surface area contributed by atoms with E-state index in [1.165, 1.54) is 29.0 Å². The maximum Gasteiger partial charge on any atom is 0.270 e. The van der Waals surface area contributed by atoms with Gasteiger partial charge in [0.2, 0.25) is 11.8 Å². The first-order chi connectivity index (χ1) is 19.6. The molecular weight excluding hydrogens is 546 g/mol. The monoisotopic (exact) mass is 580 g/mol. The Kier molecular flexibility index (Phi) is 7.32. The average molecular weight is 581 g/mol.